The lowest BCUT2D eigenvalue weighted by Crippen LogP contribution is -2.28. The zero-order valence-corrected chi connectivity index (χ0v) is 12.5. The molecule has 1 aromatic rings. The number of aryl methyl sites for hydroxylation is 1. The quantitative estimate of drug-likeness (QED) is 0.795. The molecular formula is C18H26FN. The van der Waals surface area contributed by atoms with Crippen molar-refractivity contribution in [2.75, 3.05) is 6.54 Å². The highest BCUT2D eigenvalue weighted by Crippen LogP contribution is 2.38. The summed E-state index contributed by atoms with van der Waals surface area (Å²) in [5, 5.41) is 3.69. The van der Waals surface area contributed by atoms with Gasteiger partial charge in [-0.2, -0.15) is 0 Å². The smallest absolute Gasteiger partial charge is 0.123 e. The molecule has 0 radical (unpaired) electrons. The number of halogens is 1. The van der Waals surface area contributed by atoms with E-state index in [0.717, 1.165) is 12.6 Å². The van der Waals surface area contributed by atoms with Gasteiger partial charge in [0.05, 0.1) is 0 Å². The minimum Gasteiger partial charge on any atom is -0.314 e. The van der Waals surface area contributed by atoms with Crippen LogP contribution in [0.4, 0.5) is 4.39 Å². The van der Waals surface area contributed by atoms with Gasteiger partial charge in [-0.1, -0.05) is 25.3 Å². The van der Waals surface area contributed by atoms with E-state index in [9.17, 15) is 4.39 Å². The van der Waals surface area contributed by atoms with Crippen LogP contribution in [-0.4, -0.2) is 12.6 Å². The first kappa shape index (κ1) is 14.1. The summed E-state index contributed by atoms with van der Waals surface area (Å²) >= 11 is 0. The van der Waals surface area contributed by atoms with E-state index in [1.165, 1.54) is 56.1 Å². The lowest BCUT2D eigenvalue weighted by Gasteiger charge is -2.27. The van der Waals surface area contributed by atoms with E-state index >= 15 is 0 Å². The number of rotatable bonds is 4. The molecule has 0 spiro atoms. The zero-order valence-electron chi connectivity index (χ0n) is 12.5. The van der Waals surface area contributed by atoms with E-state index in [1.54, 1.807) is 12.1 Å². The summed E-state index contributed by atoms with van der Waals surface area (Å²) in [6, 6.07) is 6.09. The van der Waals surface area contributed by atoms with Gasteiger partial charge < -0.3 is 5.32 Å². The summed E-state index contributed by atoms with van der Waals surface area (Å²) in [4.78, 5) is 0. The number of nitrogens with one attached hydrogen (secondary N) is 1. The highest BCUT2D eigenvalue weighted by Gasteiger charge is 2.29. The number of benzene rings is 1. The van der Waals surface area contributed by atoms with E-state index in [-0.39, 0.29) is 5.82 Å². The van der Waals surface area contributed by atoms with Gasteiger partial charge in [-0.3, -0.25) is 0 Å². The Morgan fingerprint density at radius 3 is 2.70 bits per heavy atom. The van der Waals surface area contributed by atoms with Gasteiger partial charge in [0.1, 0.15) is 5.82 Å². The van der Waals surface area contributed by atoms with Gasteiger partial charge in [0.2, 0.25) is 0 Å². The van der Waals surface area contributed by atoms with Crippen molar-refractivity contribution < 1.29 is 4.39 Å². The Kier molecular flexibility index (Phi) is 4.40. The van der Waals surface area contributed by atoms with Crippen molar-refractivity contribution in [1.82, 2.24) is 5.32 Å². The summed E-state index contributed by atoms with van der Waals surface area (Å²) in [6.45, 7) is 3.25. The molecule has 2 saturated carbocycles. The molecule has 0 saturated heterocycles. The van der Waals surface area contributed by atoms with Crippen LogP contribution in [0.25, 0.3) is 0 Å². The van der Waals surface area contributed by atoms with Gasteiger partial charge in [0, 0.05) is 6.04 Å². The molecule has 2 heteroatoms. The Hall–Kier alpha value is -0.890. The summed E-state index contributed by atoms with van der Waals surface area (Å²) in [7, 11) is 0. The lowest BCUT2D eigenvalue weighted by atomic mass is 9.80. The molecule has 0 aliphatic heterocycles. The van der Waals surface area contributed by atoms with Crippen molar-refractivity contribution in [3.8, 4) is 0 Å². The van der Waals surface area contributed by atoms with Gasteiger partial charge in [0.15, 0.2) is 0 Å². The van der Waals surface area contributed by atoms with E-state index in [2.05, 4.69) is 12.2 Å². The topological polar surface area (TPSA) is 12.0 Å². The highest BCUT2D eigenvalue weighted by molar-refractivity contribution is 5.30. The van der Waals surface area contributed by atoms with Crippen molar-refractivity contribution in [2.45, 2.75) is 63.8 Å². The van der Waals surface area contributed by atoms with E-state index in [4.69, 9.17) is 0 Å². The maximum absolute atomic E-state index is 13.6. The van der Waals surface area contributed by atoms with Crippen LogP contribution in [0.1, 0.15) is 62.0 Å². The van der Waals surface area contributed by atoms with Crippen LogP contribution in [0, 0.1) is 18.7 Å². The van der Waals surface area contributed by atoms with Crippen LogP contribution in [0.5, 0.6) is 0 Å². The van der Waals surface area contributed by atoms with Crippen LogP contribution in [-0.2, 0) is 0 Å². The zero-order chi connectivity index (χ0) is 13.9. The van der Waals surface area contributed by atoms with Gasteiger partial charge in [-0.15, -0.1) is 0 Å². The second-order valence-corrected chi connectivity index (χ2v) is 6.69. The van der Waals surface area contributed by atoms with E-state index < -0.39 is 0 Å². The normalized spacial score (nSPS) is 27.3. The maximum Gasteiger partial charge on any atom is 0.123 e. The fraction of sp³-hybridized carbons (Fsp3) is 0.667. The van der Waals surface area contributed by atoms with Gasteiger partial charge >= 0.3 is 0 Å². The Bertz CT molecular complexity index is 453. The first-order valence-corrected chi connectivity index (χ1v) is 8.23. The van der Waals surface area contributed by atoms with Crippen LogP contribution >= 0.6 is 0 Å². The van der Waals surface area contributed by atoms with E-state index in [1.807, 2.05) is 6.07 Å². The Morgan fingerprint density at radius 2 is 1.90 bits per heavy atom. The summed E-state index contributed by atoms with van der Waals surface area (Å²) in [5.41, 5.74) is 2.52. The molecule has 2 fully saturated rings. The second kappa shape index (κ2) is 6.26. The SMILES string of the molecule is Cc1ccc(F)cc1C1CCCCCC1CNC1CC1. The molecule has 1 aromatic carbocycles. The summed E-state index contributed by atoms with van der Waals surface area (Å²) in [5.74, 6) is 1.14. The molecule has 0 amide bonds. The molecular weight excluding hydrogens is 249 g/mol. The highest BCUT2D eigenvalue weighted by atomic mass is 19.1. The first-order valence-electron chi connectivity index (χ1n) is 8.23. The molecule has 3 rings (SSSR count). The summed E-state index contributed by atoms with van der Waals surface area (Å²) in [6.07, 6.45) is 9.17. The fourth-order valence-corrected chi connectivity index (χ4v) is 3.65. The fourth-order valence-electron chi connectivity index (χ4n) is 3.65. The largest absolute Gasteiger partial charge is 0.314 e. The molecule has 2 atom stereocenters. The maximum atomic E-state index is 13.6. The Morgan fingerprint density at radius 1 is 1.10 bits per heavy atom. The molecule has 0 heterocycles. The van der Waals surface area contributed by atoms with Gasteiger partial charge in [0.25, 0.3) is 0 Å². The molecule has 1 nitrogen and oxygen atoms in total. The third-order valence-electron chi connectivity index (χ3n) is 5.05. The second-order valence-electron chi connectivity index (χ2n) is 6.69. The van der Waals surface area contributed by atoms with Crippen LogP contribution in [0.2, 0.25) is 0 Å². The van der Waals surface area contributed by atoms with Crippen LogP contribution < -0.4 is 5.32 Å². The number of hydrogen-bond acceptors (Lipinski definition) is 1. The van der Waals surface area contributed by atoms with E-state index in [0.29, 0.717) is 11.8 Å². The Labute approximate surface area is 122 Å². The first-order chi connectivity index (χ1) is 9.74. The molecule has 2 aliphatic carbocycles. The van der Waals surface area contributed by atoms with Crippen LogP contribution in [0.15, 0.2) is 18.2 Å². The van der Waals surface area contributed by atoms with Crippen molar-refractivity contribution in [3.63, 3.8) is 0 Å². The molecule has 2 aliphatic rings. The molecule has 2 unspecified atom stereocenters. The Balaban J connectivity index is 1.78. The minimum absolute atomic E-state index is 0.0799. The van der Waals surface area contributed by atoms with Crippen molar-refractivity contribution in [1.29, 1.82) is 0 Å². The van der Waals surface area contributed by atoms with Gasteiger partial charge in [-0.05, 0) is 74.2 Å². The standard InChI is InChI=1S/C18H26FN/c1-13-7-8-15(19)11-18(13)17-6-4-2-3-5-14(17)12-20-16-9-10-16/h7-8,11,14,16-17,20H,2-6,9-10,12H2,1H3. The monoisotopic (exact) mass is 275 g/mol. The van der Waals surface area contributed by atoms with Crippen molar-refractivity contribution in [2.24, 2.45) is 5.92 Å². The van der Waals surface area contributed by atoms with Gasteiger partial charge in [-0.25, -0.2) is 4.39 Å². The molecule has 1 N–H and O–H groups in total. The lowest BCUT2D eigenvalue weighted by molar-refractivity contribution is 0.372. The third-order valence-corrected chi connectivity index (χ3v) is 5.05. The predicted octanol–water partition coefficient (Wildman–Crippen LogP) is 4.55. The predicted molar refractivity (Wildman–Crippen MR) is 81.5 cm³/mol. The summed E-state index contributed by atoms with van der Waals surface area (Å²) < 4.78 is 13.6. The third kappa shape index (κ3) is 3.41. The molecule has 110 valence electrons. The molecule has 0 bridgehead atoms. The molecule has 0 aromatic heterocycles. The average Bonchev–Trinajstić information content (AvgIpc) is 3.25. The van der Waals surface area contributed by atoms with Crippen LogP contribution in [0.3, 0.4) is 0 Å². The number of hydrogen-bond donors (Lipinski definition) is 1. The molecule has 20 heavy (non-hydrogen) atoms. The minimum atomic E-state index is -0.0799. The van der Waals surface area contributed by atoms with Crippen molar-refractivity contribution >= 4 is 0 Å². The van der Waals surface area contributed by atoms with Crippen molar-refractivity contribution in [3.05, 3.63) is 35.1 Å². The average molecular weight is 275 g/mol.